The summed E-state index contributed by atoms with van der Waals surface area (Å²) in [5.74, 6) is -1.08. The number of carbonyl (C=O) groups excluding carboxylic acids is 1. The lowest BCUT2D eigenvalue weighted by Crippen LogP contribution is -2.34. The molecule has 1 fully saturated rings. The fourth-order valence-corrected chi connectivity index (χ4v) is 2.87. The average molecular weight is 334 g/mol. The molecule has 1 aliphatic heterocycles. The molecule has 1 N–H and O–H groups in total. The van der Waals surface area contributed by atoms with Gasteiger partial charge in [0.05, 0.1) is 22.9 Å². The van der Waals surface area contributed by atoms with Gasteiger partial charge in [0.25, 0.3) is 5.91 Å². The Kier molecular flexibility index (Phi) is 3.85. The van der Waals surface area contributed by atoms with Crippen LogP contribution in [0.3, 0.4) is 0 Å². The maximum absolute atomic E-state index is 12.5. The van der Waals surface area contributed by atoms with E-state index in [1.807, 2.05) is 6.07 Å². The fraction of sp³-hybridized carbons (Fsp3) is 0.312. The van der Waals surface area contributed by atoms with Crippen LogP contribution in [0, 0.1) is 5.41 Å². The highest BCUT2D eigenvalue weighted by atomic mass is 35.5. The number of carbonyl (C=O) groups is 2. The van der Waals surface area contributed by atoms with Crippen LogP contribution < -0.4 is 0 Å². The lowest BCUT2D eigenvalue weighted by molar-refractivity contribution is -0.147. The second-order valence-corrected chi connectivity index (χ2v) is 6.43. The predicted octanol–water partition coefficient (Wildman–Crippen LogP) is 2.46. The van der Waals surface area contributed by atoms with Gasteiger partial charge in [-0.2, -0.15) is 5.10 Å². The van der Waals surface area contributed by atoms with E-state index < -0.39 is 11.4 Å². The van der Waals surface area contributed by atoms with Crippen molar-refractivity contribution in [1.82, 2.24) is 14.7 Å². The van der Waals surface area contributed by atoms with Crippen LogP contribution >= 0.6 is 11.6 Å². The Balaban J connectivity index is 1.79. The number of rotatable bonds is 3. The van der Waals surface area contributed by atoms with Gasteiger partial charge in [0.1, 0.15) is 0 Å². The van der Waals surface area contributed by atoms with Crippen molar-refractivity contribution in [3.8, 4) is 5.69 Å². The molecule has 0 bridgehead atoms. The molecule has 1 aromatic heterocycles. The van der Waals surface area contributed by atoms with Gasteiger partial charge in [0.15, 0.2) is 0 Å². The predicted molar refractivity (Wildman–Crippen MR) is 84.8 cm³/mol. The zero-order valence-electron chi connectivity index (χ0n) is 12.6. The largest absolute Gasteiger partial charge is 0.481 e. The maximum Gasteiger partial charge on any atom is 0.311 e. The second kappa shape index (κ2) is 5.70. The van der Waals surface area contributed by atoms with E-state index in [2.05, 4.69) is 5.10 Å². The first-order valence-corrected chi connectivity index (χ1v) is 7.60. The summed E-state index contributed by atoms with van der Waals surface area (Å²) < 4.78 is 1.57. The third kappa shape index (κ3) is 2.94. The van der Waals surface area contributed by atoms with E-state index in [0.29, 0.717) is 23.6 Å². The van der Waals surface area contributed by atoms with E-state index in [0.717, 1.165) is 5.69 Å². The average Bonchev–Trinajstić information content (AvgIpc) is 3.14. The van der Waals surface area contributed by atoms with Gasteiger partial charge in [0.2, 0.25) is 0 Å². The van der Waals surface area contributed by atoms with Crippen LogP contribution in [0.5, 0.6) is 0 Å². The number of benzene rings is 1. The quantitative estimate of drug-likeness (QED) is 0.936. The first kappa shape index (κ1) is 15.6. The molecule has 1 amide bonds. The Bertz CT molecular complexity index is 773. The summed E-state index contributed by atoms with van der Waals surface area (Å²) >= 11 is 5.96. The topological polar surface area (TPSA) is 75.4 Å². The molecule has 0 radical (unpaired) electrons. The van der Waals surface area contributed by atoms with Crippen molar-refractivity contribution in [2.24, 2.45) is 5.41 Å². The van der Waals surface area contributed by atoms with Crippen LogP contribution in [-0.2, 0) is 4.79 Å². The summed E-state index contributed by atoms with van der Waals surface area (Å²) in [6, 6.07) is 7.15. The van der Waals surface area contributed by atoms with E-state index in [9.17, 15) is 14.7 Å². The molecule has 6 nitrogen and oxygen atoms in total. The monoisotopic (exact) mass is 333 g/mol. The van der Waals surface area contributed by atoms with Crippen LogP contribution in [0.15, 0.2) is 36.7 Å². The van der Waals surface area contributed by atoms with Gasteiger partial charge in [0, 0.05) is 24.3 Å². The molecule has 1 atom stereocenters. The van der Waals surface area contributed by atoms with Crippen molar-refractivity contribution in [2.75, 3.05) is 13.1 Å². The Morgan fingerprint density at radius 1 is 1.39 bits per heavy atom. The molecule has 1 aliphatic rings. The molecule has 0 spiro atoms. The summed E-state index contributed by atoms with van der Waals surface area (Å²) in [7, 11) is 0. The molecule has 0 unspecified atom stereocenters. The van der Waals surface area contributed by atoms with Crippen LogP contribution in [0.1, 0.15) is 23.7 Å². The summed E-state index contributed by atoms with van der Waals surface area (Å²) in [6.45, 7) is 2.31. The summed E-state index contributed by atoms with van der Waals surface area (Å²) in [5, 5.41) is 14.0. The van der Waals surface area contributed by atoms with Crippen molar-refractivity contribution < 1.29 is 14.7 Å². The Labute approximate surface area is 138 Å². The molecule has 0 aliphatic carbocycles. The van der Waals surface area contributed by atoms with Crippen molar-refractivity contribution in [3.63, 3.8) is 0 Å². The molecular formula is C16H16ClN3O3. The van der Waals surface area contributed by atoms with Crippen molar-refractivity contribution >= 4 is 23.5 Å². The first-order valence-electron chi connectivity index (χ1n) is 7.22. The van der Waals surface area contributed by atoms with Crippen LogP contribution in [0.25, 0.3) is 5.69 Å². The minimum atomic E-state index is -0.876. The molecule has 3 rings (SSSR count). The lowest BCUT2D eigenvalue weighted by atomic mass is 9.90. The minimum absolute atomic E-state index is 0.205. The van der Waals surface area contributed by atoms with Crippen molar-refractivity contribution in [2.45, 2.75) is 13.3 Å². The lowest BCUT2D eigenvalue weighted by Gasteiger charge is -2.19. The van der Waals surface area contributed by atoms with E-state index in [-0.39, 0.29) is 12.5 Å². The number of aliphatic carboxylic acids is 1. The van der Waals surface area contributed by atoms with Gasteiger partial charge in [-0.25, -0.2) is 4.68 Å². The van der Waals surface area contributed by atoms with Gasteiger partial charge in [-0.05, 0) is 31.5 Å². The summed E-state index contributed by atoms with van der Waals surface area (Å²) in [4.78, 5) is 25.4. The number of amides is 1. The number of carboxylic acids is 1. The SMILES string of the molecule is C[C@@]1(C(=O)O)CCN(C(=O)c2cnn(-c3cccc(Cl)c3)c2)C1. The minimum Gasteiger partial charge on any atom is -0.481 e. The van der Waals surface area contributed by atoms with Gasteiger partial charge < -0.3 is 10.0 Å². The Hall–Kier alpha value is -2.34. The summed E-state index contributed by atoms with van der Waals surface area (Å²) in [6.07, 6.45) is 3.57. The highest BCUT2D eigenvalue weighted by molar-refractivity contribution is 6.30. The van der Waals surface area contributed by atoms with Crippen molar-refractivity contribution in [3.05, 3.63) is 47.2 Å². The molecule has 0 saturated carbocycles. The third-order valence-electron chi connectivity index (χ3n) is 4.18. The molecule has 23 heavy (non-hydrogen) atoms. The summed E-state index contributed by atoms with van der Waals surface area (Å²) in [5.41, 5.74) is 0.312. The zero-order valence-corrected chi connectivity index (χ0v) is 13.3. The van der Waals surface area contributed by atoms with Crippen LogP contribution in [0.2, 0.25) is 5.02 Å². The standard InChI is InChI=1S/C16H16ClN3O3/c1-16(15(22)23)5-6-19(10-16)14(21)11-8-18-20(9-11)13-4-2-3-12(17)7-13/h2-4,7-9H,5-6,10H2,1H3,(H,22,23)/t16-/m1/s1. The molecule has 2 heterocycles. The number of hydrogen-bond donors (Lipinski definition) is 1. The smallest absolute Gasteiger partial charge is 0.311 e. The Morgan fingerprint density at radius 2 is 2.17 bits per heavy atom. The molecule has 1 aromatic carbocycles. The van der Waals surface area contributed by atoms with E-state index in [1.165, 1.54) is 6.20 Å². The highest BCUT2D eigenvalue weighted by Crippen LogP contribution is 2.31. The zero-order chi connectivity index (χ0) is 16.6. The van der Waals surface area contributed by atoms with Crippen molar-refractivity contribution in [1.29, 1.82) is 0 Å². The number of hydrogen-bond acceptors (Lipinski definition) is 3. The van der Waals surface area contributed by atoms with E-state index in [1.54, 1.807) is 40.9 Å². The molecule has 2 aromatic rings. The maximum atomic E-state index is 12.5. The molecule has 120 valence electrons. The van der Waals surface area contributed by atoms with Crippen LogP contribution in [0.4, 0.5) is 0 Å². The molecule has 1 saturated heterocycles. The van der Waals surface area contributed by atoms with Crippen LogP contribution in [-0.4, -0.2) is 44.8 Å². The number of aromatic nitrogens is 2. The van der Waals surface area contributed by atoms with Gasteiger partial charge in [-0.15, -0.1) is 0 Å². The number of halogens is 1. The first-order chi connectivity index (χ1) is 10.9. The molecular weight excluding hydrogens is 318 g/mol. The Morgan fingerprint density at radius 3 is 2.83 bits per heavy atom. The number of likely N-dealkylation sites (tertiary alicyclic amines) is 1. The van der Waals surface area contributed by atoms with Gasteiger partial charge in [-0.3, -0.25) is 9.59 Å². The molecule has 7 heteroatoms. The van der Waals surface area contributed by atoms with E-state index in [4.69, 9.17) is 11.6 Å². The highest BCUT2D eigenvalue weighted by Gasteiger charge is 2.42. The van der Waals surface area contributed by atoms with E-state index >= 15 is 0 Å². The normalized spacial score (nSPS) is 20.7. The van der Waals surface area contributed by atoms with Gasteiger partial charge >= 0.3 is 5.97 Å². The van der Waals surface area contributed by atoms with Gasteiger partial charge in [-0.1, -0.05) is 17.7 Å². The number of carboxylic acid groups (broad SMARTS) is 1. The second-order valence-electron chi connectivity index (χ2n) is 6.00. The number of nitrogens with zero attached hydrogens (tertiary/aromatic N) is 3. The fourth-order valence-electron chi connectivity index (χ4n) is 2.68. The third-order valence-corrected chi connectivity index (χ3v) is 4.41.